The quantitative estimate of drug-likeness (QED) is 0.738. The van der Waals surface area contributed by atoms with Crippen LogP contribution in [-0.4, -0.2) is 36.3 Å². The van der Waals surface area contributed by atoms with Crippen molar-refractivity contribution in [3.8, 4) is 5.69 Å². The molecular weight excluding hydrogens is 198 g/mol. The van der Waals surface area contributed by atoms with E-state index in [0.29, 0.717) is 11.3 Å². The van der Waals surface area contributed by atoms with E-state index in [4.69, 9.17) is 5.11 Å². The lowest BCUT2D eigenvalue weighted by Crippen LogP contribution is -2.03. The lowest BCUT2D eigenvalue weighted by molar-refractivity contribution is -0.136. The molecule has 0 radical (unpaired) electrons. The smallest absolute Gasteiger partial charge is 0.307 e. The fraction of sp³-hybridized carbons (Fsp3) is 0.125. The number of aromatic nitrogens is 5. The minimum atomic E-state index is -0.898. The minimum Gasteiger partial charge on any atom is -0.481 e. The van der Waals surface area contributed by atoms with Crippen LogP contribution in [0.15, 0.2) is 24.8 Å². The molecule has 0 saturated heterocycles. The van der Waals surface area contributed by atoms with Crippen molar-refractivity contribution in [3.05, 3.63) is 30.4 Å². The average Bonchev–Trinajstić information content (AvgIpc) is 2.69. The molecule has 0 amide bonds. The third-order valence-electron chi connectivity index (χ3n) is 1.75. The third-order valence-corrected chi connectivity index (χ3v) is 1.75. The van der Waals surface area contributed by atoms with Crippen LogP contribution in [-0.2, 0) is 11.2 Å². The van der Waals surface area contributed by atoms with Gasteiger partial charge in [-0.2, -0.15) is 4.68 Å². The number of carboxylic acid groups (broad SMARTS) is 1. The maximum atomic E-state index is 10.5. The molecule has 7 nitrogen and oxygen atoms in total. The number of tetrazole rings is 1. The van der Waals surface area contributed by atoms with E-state index in [-0.39, 0.29) is 6.42 Å². The predicted molar refractivity (Wildman–Crippen MR) is 48.3 cm³/mol. The summed E-state index contributed by atoms with van der Waals surface area (Å²) in [6, 6.07) is 1.68. The van der Waals surface area contributed by atoms with Gasteiger partial charge < -0.3 is 5.11 Å². The minimum absolute atomic E-state index is 0.0665. The van der Waals surface area contributed by atoms with Gasteiger partial charge in [-0.25, -0.2) is 0 Å². The summed E-state index contributed by atoms with van der Waals surface area (Å²) in [5.41, 5.74) is 1.24. The van der Waals surface area contributed by atoms with Crippen LogP contribution in [0.25, 0.3) is 5.69 Å². The van der Waals surface area contributed by atoms with Crippen molar-refractivity contribution in [3.63, 3.8) is 0 Å². The Morgan fingerprint density at radius 1 is 1.47 bits per heavy atom. The Morgan fingerprint density at radius 2 is 2.33 bits per heavy atom. The third kappa shape index (κ3) is 2.13. The van der Waals surface area contributed by atoms with Crippen LogP contribution in [0.1, 0.15) is 5.56 Å². The molecule has 7 heteroatoms. The van der Waals surface area contributed by atoms with Crippen molar-refractivity contribution < 1.29 is 9.90 Å². The fourth-order valence-corrected chi connectivity index (χ4v) is 1.15. The van der Waals surface area contributed by atoms with E-state index in [1.165, 1.54) is 17.2 Å². The summed E-state index contributed by atoms with van der Waals surface area (Å²) in [5.74, 6) is -0.898. The molecule has 2 rings (SSSR count). The van der Waals surface area contributed by atoms with Gasteiger partial charge in [-0.1, -0.05) is 0 Å². The Balaban J connectivity index is 2.31. The molecule has 0 aliphatic heterocycles. The predicted octanol–water partition coefficient (Wildman–Crippen LogP) is -0.316. The Labute approximate surface area is 84.4 Å². The van der Waals surface area contributed by atoms with Crippen LogP contribution < -0.4 is 0 Å². The molecule has 0 unspecified atom stereocenters. The van der Waals surface area contributed by atoms with Gasteiger partial charge in [-0.15, -0.1) is 5.10 Å². The van der Waals surface area contributed by atoms with Gasteiger partial charge in [0.1, 0.15) is 6.33 Å². The first-order chi connectivity index (χ1) is 7.25. The summed E-state index contributed by atoms with van der Waals surface area (Å²) >= 11 is 0. The van der Waals surface area contributed by atoms with Crippen LogP contribution in [0, 0.1) is 0 Å². The maximum absolute atomic E-state index is 10.5. The first kappa shape index (κ1) is 9.25. The Morgan fingerprint density at radius 3 is 3.00 bits per heavy atom. The van der Waals surface area contributed by atoms with Gasteiger partial charge in [0.05, 0.1) is 18.3 Å². The fourth-order valence-electron chi connectivity index (χ4n) is 1.15. The van der Waals surface area contributed by atoms with Crippen molar-refractivity contribution in [2.75, 3.05) is 0 Å². The van der Waals surface area contributed by atoms with Crippen molar-refractivity contribution in [2.45, 2.75) is 6.42 Å². The topological polar surface area (TPSA) is 93.8 Å². The van der Waals surface area contributed by atoms with Gasteiger partial charge in [-0.05, 0) is 22.1 Å². The second-order valence-corrected chi connectivity index (χ2v) is 2.88. The zero-order valence-electron chi connectivity index (χ0n) is 7.61. The number of nitrogens with zero attached hydrogens (tertiary/aromatic N) is 5. The Bertz CT molecular complexity index is 468. The van der Waals surface area contributed by atoms with E-state index in [1.807, 2.05) is 0 Å². The van der Waals surface area contributed by atoms with Crippen LogP contribution in [0.3, 0.4) is 0 Å². The van der Waals surface area contributed by atoms with Gasteiger partial charge in [0.2, 0.25) is 0 Å². The summed E-state index contributed by atoms with van der Waals surface area (Å²) in [6.45, 7) is 0. The monoisotopic (exact) mass is 205 g/mol. The molecule has 0 atom stereocenters. The molecule has 15 heavy (non-hydrogen) atoms. The second-order valence-electron chi connectivity index (χ2n) is 2.88. The molecule has 2 aromatic rings. The summed E-state index contributed by atoms with van der Waals surface area (Å²) in [7, 11) is 0. The summed E-state index contributed by atoms with van der Waals surface area (Å²) < 4.78 is 1.42. The van der Waals surface area contributed by atoms with E-state index < -0.39 is 5.97 Å². The molecule has 0 aromatic carbocycles. The van der Waals surface area contributed by atoms with Gasteiger partial charge in [0.15, 0.2) is 0 Å². The molecule has 0 bridgehead atoms. The molecule has 2 heterocycles. The second kappa shape index (κ2) is 3.82. The number of carbonyl (C=O) groups is 1. The highest BCUT2D eigenvalue weighted by Crippen LogP contribution is 2.06. The van der Waals surface area contributed by atoms with Crippen molar-refractivity contribution in [1.29, 1.82) is 0 Å². The first-order valence-electron chi connectivity index (χ1n) is 4.15. The lowest BCUT2D eigenvalue weighted by atomic mass is 10.2. The molecule has 2 aromatic heterocycles. The number of carboxylic acids is 1. The van der Waals surface area contributed by atoms with Crippen molar-refractivity contribution >= 4 is 5.97 Å². The molecule has 76 valence electrons. The van der Waals surface area contributed by atoms with Crippen LogP contribution in [0.5, 0.6) is 0 Å². The highest BCUT2D eigenvalue weighted by molar-refractivity contribution is 5.70. The number of pyridine rings is 1. The zero-order chi connectivity index (χ0) is 10.7. The van der Waals surface area contributed by atoms with E-state index >= 15 is 0 Å². The zero-order valence-corrected chi connectivity index (χ0v) is 7.61. The van der Waals surface area contributed by atoms with Gasteiger partial charge in [0.25, 0.3) is 0 Å². The van der Waals surface area contributed by atoms with Gasteiger partial charge in [0, 0.05) is 6.20 Å². The summed E-state index contributed by atoms with van der Waals surface area (Å²) in [6.07, 6.45) is 4.41. The van der Waals surface area contributed by atoms with Crippen LogP contribution in [0.2, 0.25) is 0 Å². The largest absolute Gasteiger partial charge is 0.481 e. The van der Waals surface area contributed by atoms with Gasteiger partial charge in [-0.3, -0.25) is 9.78 Å². The summed E-state index contributed by atoms with van der Waals surface area (Å²) in [5, 5.41) is 19.2. The SMILES string of the molecule is O=C(O)Cc1cncc(-n2cnnn2)c1. The standard InChI is InChI=1S/C8H7N5O2/c14-8(15)2-6-1-7(4-9-3-6)13-5-10-11-12-13/h1,3-5H,2H2,(H,14,15). The number of rotatable bonds is 3. The number of hydrogen-bond donors (Lipinski definition) is 1. The number of hydrogen-bond acceptors (Lipinski definition) is 5. The highest BCUT2D eigenvalue weighted by Gasteiger charge is 2.03. The van der Waals surface area contributed by atoms with Crippen LogP contribution in [0.4, 0.5) is 0 Å². The van der Waals surface area contributed by atoms with Crippen molar-refractivity contribution in [1.82, 2.24) is 25.2 Å². The van der Waals surface area contributed by atoms with E-state index in [1.54, 1.807) is 12.3 Å². The first-order valence-corrected chi connectivity index (χ1v) is 4.15. The Kier molecular flexibility index (Phi) is 2.36. The van der Waals surface area contributed by atoms with E-state index in [0.717, 1.165) is 0 Å². The lowest BCUT2D eigenvalue weighted by Gasteiger charge is -2.00. The van der Waals surface area contributed by atoms with Crippen LogP contribution >= 0.6 is 0 Å². The molecular formula is C8H7N5O2. The molecule has 0 spiro atoms. The Hall–Kier alpha value is -2.31. The average molecular weight is 205 g/mol. The van der Waals surface area contributed by atoms with Gasteiger partial charge >= 0.3 is 5.97 Å². The highest BCUT2D eigenvalue weighted by atomic mass is 16.4. The molecule has 0 fully saturated rings. The maximum Gasteiger partial charge on any atom is 0.307 e. The molecule has 0 saturated carbocycles. The molecule has 1 N–H and O–H groups in total. The van der Waals surface area contributed by atoms with E-state index in [2.05, 4.69) is 20.5 Å². The molecule has 0 aliphatic carbocycles. The number of aliphatic carboxylic acids is 1. The summed E-state index contributed by atoms with van der Waals surface area (Å²) in [4.78, 5) is 14.4. The molecule has 0 aliphatic rings. The van der Waals surface area contributed by atoms with E-state index in [9.17, 15) is 4.79 Å². The van der Waals surface area contributed by atoms with Crippen molar-refractivity contribution in [2.24, 2.45) is 0 Å². The normalized spacial score (nSPS) is 10.1.